The van der Waals surface area contributed by atoms with Crippen molar-refractivity contribution in [2.24, 2.45) is 51.4 Å². The van der Waals surface area contributed by atoms with Crippen molar-refractivity contribution >= 4 is 40.3 Å². The Hall–Kier alpha value is -3.98. The fraction of sp³-hybridized carbons (Fsp3) is 0.500. The minimum Gasteiger partial charge on any atom is -0.480 e. The van der Waals surface area contributed by atoms with Crippen LogP contribution < -0.4 is 34.1 Å². The Kier molecular flexibility index (Phi) is 18.1. The second kappa shape index (κ2) is 20.0. The lowest BCUT2D eigenvalue weighted by atomic mass is 10.0. The summed E-state index contributed by atoms with van der Waals surface area (Å²) >= 11 is 0. The van der Waals surface area contributed by atoms with Gasteiger partial charge >= 0.3 is 17.9 Å². The average molecular weight is 594 g/mol. The molecule has 0 spiro atoms. The second-order valence-electron chi connectivity index (χ2n) is 10.5. The number of nitrogens with one attached hydrogen (secondary N) is 1. The maximum atomic E-state index is 10.9. The van der Waals surface area contributed by atoms with Gasteiger partial charge in [-0.1, -0.05) is 58.0 Å². The van der Waals surface area contributed by atoms with Gasteiger partial charge in [-0.05, 0) is 47.6 Å². The van der Waals surface area contributed by atoms with Crippen LogP contribution in [0, 0.1) is 17.8 Å². The smallest absolute Gasteiger partial charge is 0.320 e. The fourth-order valence-electron chi connectivity index (χ4n) is 3.28. The molecule has 0 radical (unpaired) electrons. The number of aliphatic carboxylic acids is 3. The van der Waals surface area contributed by atoms with Crippen LogP contribution in [0.5, 0.6) is 0 Å². The van der Waals surface area contributed by atoms with Crippen molar-refractivity contribution in [2.75, 3.05) is 18.6 Å². The molecule has 14 heteroatoms. The van der Waals surface area contributed by atoms with Gasteiger partial charge in [-0.2, -0.15) is 0 Å². The van der Waals surface area contributed by atoms with Crippen molar-refractivity contribution < 1.29 is 34.5 Å². The summed E-state index contributed by atoms with van der Waals surface area (Å²) in [5, 5.41) is 27.7. The number of nitrogens with zero attached hydrogens (tertiary/aromatic N) is 1. The molecule has 0 aliphatic heterocycles. The Morgan fingerprint density at radius 3 is 1.81 bits per heavy atom. The molecule has 2 rings (SSSR count). The van der Waals surface area contributed by atoms with Crippen molar-refractivity contribution in [1.82, 2.24) is 0 Å². The number of anilines is 1. The number of aliphatic imine (C=N–C) groups is 1. The molecule has 0 aliphatic rings. The molecule has 14 nitrogen and oxygen atoms in total. The van der Waals surface area contributed by atoms with Crippen LogP contribution in [0.25, 0.3) is 10.8 Å². The third kappa shape index (κ3) is 17.0. The summed E-state index contributed by atoms with van der Waals surface area (Å²) in [6, 6.07) is 11.4. The van der Waals surface area contributed by atoms with E-state index in [0.717, 1.165) is 16.5 Å². The van der Waals surface area contributed by atoms with Gasteiger partial charge in [0.1, 0.15) is 18.1 Å². The molecule has 236 valence electrons. The Morgan fingerprint density at radius 1 is 0.833 bits per heavy atom. The molecule has 0 heterocycles. The molecule has 1 unspecified atom stereocenters. The second-order valence-corrected chi connectivity index (χ2v) is 10.5. The van der Waals surface area contributed by atoms with E-state index in [0.29, 0.717) is 12.3 Å². The average Bonchev–Trinajstić information content (AvgIpc) is 2.91. The van der Waals surface area contributed by atoms with E-state index in [2.05, 4.69) is 10.5 Å². The summed E-state index contributed by atoms with van der Waals surface area (Å²) in [4.78, 5) is 40.5. The van der Waals surface area contributed by atoms with Gasteiger partial charge in [-0.3, -0.25) is 29.7 Å². The molecule has 42 heavy (non-hydrogen) atoms. The van der Waals surface area contributed by atoms with Crippen LogP contribution in [0.15, 0.2) is 47.5 Å². The standard InChI is InChI=1S/C17H23N5O3.C6H13NO2.C5H11NO2/c18-15(16(23)24)7-11(9-21-17(19)20)10-25-22-14-6-5-12-3-1-2-4-13(12)8-14;1-4(2)3-5(7)6(8)9;1-3(2)4(6)5(7)8/h1-6,8,11,15,22H,7,9-10,18H2,(H,23,24)(H4,19,20,21);4-5H,3,7H2,1-2H3,(H,8,9);3-4H,6H2,1-2H3,(H,7,8)/t11?,15-;5-;4-/m001/s1. The first-order chi connectivity index (χ1) is 19.5. The van der Waals surface area contributed by atoms with Crippen LogP contribution in [-0.2, 0) is 19.2 Å². The van der Waals surface area contributed by atoms with Gasteiger partial charge in [-0.15, -0.1) is 0 Å². The number of hydrogen-bond acceptors (Lipinski definition) is 9. The Balaban J connectivity index is 0.000000811. The molecule has 0 saturated heterocycles. The van der Waals surface area contributed by atoms with E-state index in [1.54, 1.807) is 13.8 Å². The molecule has 0 fully saturated rings. The van der Waals surface area contributed by atoms with Crippen LogP contribution in [-0.4, -0.2) is 70.5 Å². The lowest BCUT2D eigenvalue weighted by Gasteiger charge is -2.18. The summed E-state index contributed by atoms with van der Waals surface area (Å²) in [7, 11) is 0. The first-order valence-corrected chi connectivity index (χ1v) is 13.4. The van der Waals surface area contributed by atoms with E-state index >= 15 is 0 Å². The molecular weight excluding hydrogens is 546 g/mol. The normalized spacial score (nSPS) is 13.5. The van der Waals surface area contributed by atoms with Crippen LogP contribution in [0.3, 0.4) is 0 Å². The van der Waals surface area contributed by atoms with Crippen molar-refractivity contribution in [2.45, 2.75) is 58.7 Å². The van der Waals surface area contributed by atoms with E-state index in [9.17, 15) is 14.4 Å². The van der Waals surface area contributed by atoms with Gasteiger partial charge < -0.3 is 44.0 Å². The lowest BCUT2D eigenvalue weighted by Crippen LogP contribution is -2.35. The van der Waals surface area contributed by atoms with E-state index in [4.69, 9.17) is 48.8 Å². The number of nitrogens with two attached hydrogens (primary N) is 5. The number of rotatable bonds is 14. The topological polar surface area (TPSA) is 276 Å². The van der Waals surface area contributed by atoms with Crippen molar-refractivity contribution in [3.8, 4) is 0 Å². The van der Waals surface area contributed by atoms with Crippen molar-refractivity contribution in [3.63, 3.8) is 0 Å². The van der Waals surface area contributed by atoms with Gasteiger partial charge in [0.15, 0.2) is 5.96 Å². The van der Waals surface area contributed by atoms with Crippen molar-refractivity contribution in [3.05, 3.63) is 42.5 Å². The van der Waals surface area contributed by atoms with Crippen LogP contribution in [0.4, 0.5) is 5.69 Å². The summed E-state index contributed by atoms with van der Waals surface area (Å²) in [5.41, 5.74) is 30.3. The van der Waals surface area contributed by atoms with E-state index in [1.165, 1.54) is 0 Å². The number of benzene rings is 2. The predicted octanol–water partition coefficient (Wildman–Crippen LogP) is 1.37. The zero-order valence-electron chi connectivity index (χ0n) is 24.6. The number of carbonyl (C=O) groups is 3. The Labute approximate surface area is 246 Å². The Bertz CT molecular complexity index is 1140. The number of fused-ring (bicyclic) bond motifs is 1. The monoisotopic (exact) mass is 593 g/mol. The lowest BCUT2D eigenvalue weighted by molar-refractivity contribution is -0.140. The number of hydrogen-bond donors (Lipinski definition) is 9. The zero-order valence-corrected chi connectivity index (χ0v) is 24.6. The Morgan fingerprint density at radius 2 is 1.38 bits per heavy atom. The third-order valence-corrected chi connectivity index (χ3v) is 5.74. The van der Waals surface area contributed by atoms with Gasteiger partial charge in [-0.25, -0.2) is 0 Å². The van der Waals surface area contributed by atoms with E-state index < -0.39 is 36.0 Å². The molecule has 0 aromatic heterocycles. The van der Waals surface area contributed by atoms with Crippen LogP contribution in [0.1, 0.15) is 40.5 Å². The zero-order chi connectivity index (χ0) is 32.4. The molecule has 2 aromatic rings. The molecule has 0 amide bonds. The fourth-order valence-corrected chi connectivity index (χ4v) is 3.28. The van der Waals surface area contributed by atoms with Gasteiger partial charge in [0.2, 0.25) is 0 Å². The molecule has 4 atom stereocenters. The van der Waals surface area contributed by atoms with E-state index in [-0.39, 0.29) is 37.4 Å². The molecular formula is C28H47N7O7. The SMILES string of the molecule is CC(C)C[C@H](N)C(=O)O.CC(C)[C@@H](N)C(=O)O.NC(N)=NCC(CONc1ccc2ccccc2c1)C[C@H](N)C(=O)O. The predicted molar refractivity (Wildman–Crippen MR) is 163 cm³/mol. The van der Waals surface area contributed by atoms with Crippen molar-refractivity contribution in [1.29, 1.82) is 0 Å². The molecule has 0 aliphatic carbocycles. The third-order valence-electron chi connectivity index (χ3n) is 5.74. The quantitative estimate of drug-likeness (QED) is 0.0851. The highest BCUT2D eigenvalue weighted by molar-refractivity contribution is 5.85. The largest absolute Gasteiger partial charge is 0.480 e. The number of carboxylic acids is 3. The number of carboxylic acid groups (broad SMARTS) is 3. The minimum atomic E-state index is -1.07. The molecule has 14 N–H and O–H groups in total. The van der Waals surface area contributed by atoms with E-state index in [1.807, 2.05) is 56.3 Å². The highest BCUT2D eigenvalue weighted by Gasteiger charge is 2.19. The molecule has 2 aromatic carbocycles. The number of guanidine groups is 1. The highest BCUT2D eigenvalue weighted by Crippen LogP contribution is 2.19. The summed E-state index contributed by atoms with van der Waals surface area (Å²) in [5.74, 6) is -2.83. The van der Waals surface area contributed by atoms with Gasteiger partial charge in [0.25, 0.3) is 0 Å². The minimum absolute atomic E-state index is 0.0208. The first kappa shape index (κ1) is 38.0. The van der Waals surface area contributed by atoms with Crippen LogP contribution >= 0.6 is 0 Å². The highest BCUT2D eigenvalue weighted by atomic mass is 16.6. The molecule has 0 saturated carbocycles. The van der Waals surface area contributed by atoms with Gasteiger partial charge in [0, 0.05) is 12.5 Å². The molecule has 0 bridgehead atoms. The summed E-state index contributed by atoms with van der Waals surface area (Å²) in [6.45, 7) is 7.90. The summed E-state index contributed by atoms with van der Waals surface area (Å²) in [6.07, 6.45) is 0.751. The summed E-state index contributed by atoms with van der Waals surface area (Å²) < 4.78 is 0. The maximum absolute atomic E-state index is 10.9. The first-order valence-electron chi connectivity index (χ1n) is 13.4. The van der Waals surface area contributed by atoms with Gasteiger partial charge in [0.05, 0.1) is 12.3 Å². The maximum Gasteiger partial charge on any atom is 0.320 e. The van der Waals surface area contributed by atoms with Crippen LogP contribution in [0.2, 0.25) is 0 Å².